The molecule has 2 aromatic rings. The lowest BCUT2D eigenvalue weighted by molar-refractivity contribution is 0.236. The molecule has 0 saturated heterocycles. The molecule has 21 heavy (non-hydrogen) atoms. The first-order valence-electron chi connectivity index (χ1n) is 6.40. The van der Waals surface area contributed by atoms with Gasteiger partial charge in [-0.05, 0) is 18.6 Å². The van der Waals surface area contributed by atoms with Gasteiger partial charge in [-0.15, -0.1) is 0 Å². The highest BCUT2D eigenvalue weighted by molar-refractivity contribution is 6.30. The average Bonchev–Trinajstić information content (AvgIpc) is 2.94. The number of aromatic nitrogens is 2. The topological polar surface area (TPSA) is 100 Å². The molecule has 2 amide bonds. The number of halogens is 1. The van der Waals surface area contributed by atoms with Crippen molar-refractivity contribution < 1.29 is 14.4 Å². The molecule has 8 heteroatoms. The molecule has 0 aliphatic rings. The van der Waals surface area contributed by atoms with Crippen molar-refractivity contribution in [3.8, 4) is 11.4 Å². The summed E-state index contributed by atoms with van der Waals surface area (Å²) in [7, 11) is 0. The van der Waals surface area contributed by atoms with Crippen LogP contribution in [0.15, 0.2) is 28.8 Å². The molecule has 7 nitrogen and oxygen atoms in total. The number of nitrogens with one attached hydrogen (secondary N) is 2. The second kappa shape index (κ2) is 7.61. The van der Waals surface area contributed by atoms with Gasteiger partial charge in [-0.3, -0.25) is 0 Å². The summed E-state index contributed by atoms with van der Waals surface area (Å²) in [5.74, 6) is 0.706. The average molecular weight is 311 g/mol. The Morgan fingerprint density at radius 2 is 2.24 bits per heavy atom. The third kappa shape index (κ3) is 4.73. The zero-order chi connectivity index (χ0) is 15.1. The molecule has 0 radical (unpaired) electrons. The standard InChI is InChI=1S/C13H15ClN4O3/c14-10-4-1-3-9(7-10)12-17-11(21-18-12)8-16-13(20)15-5-2-6-19/h1,3-4,7,19H,2,5-6,8H2,(H2,15,16,20). The Morgan fingerprint density at radius 1 is 1.38 bits per heavy atom. The number of aliphatic hydroxyl groups excluding tert-OH is 1. The molecule has 0 aliphatic carbocycles. The van der Waals surface area contributed by atoms with Crippen LogP contribution in [0.5, 0.6) is 0 Å². The van der Waals surface area contributed by atoms with E-state index in [9.17, 15) is 4.79 Å². The molecular formula is C13H15ClN4O3. The smallest absolute Gasteiger partial charge is 0.315 e. The highest BCUT2D eigenvalue weighted by Crippen LogP contribution is 2.19. The van der Waals surface area contributed by atoms with E-state index < -0.39 is 0 Å². The lowest BCUT2D eigenvalue weighted by Crippen LogP contribution is -2.35. The maximum Gasteiger partial charge on any atom is 0.315 e. The Bertz CT molecular complexity index is 603. The molecule has 0 saturated carbocycles. The number of nitrogens with zero attached hydrogens (tertiary/aromatic N) is 2. The number of benzene rings is 1. The fraction of sp³-hybridized carbons (Fsp3) is 0.308. The third-order valence-electron chi connectivity index (χ3n) is 2.57. The fourth-order valence-corrected chi connectivity index (χ4v) is 1.76. The first kappa shape index (κ1) is 15.3. The predicted octanol–water partition coefficient (Wildman–Crippen LogP) is 1.57. The van der Waals surface area contributed by atoms with Crippen LogP contribution >= 0.6 is 11.6 Å². The SMILES string of the molecule is O=C(NCCCO)NCc1nc(-c2cccc(Cl)c2)no1. The number of rotatable bonds is 6. The summed E-state index contributed by atoms with van der Waals surface area (Å²) >= 11 is 5.90. The molecule has 1 heterocycles. The highest BCUT2D eigenvalue weighted by Gasteiger charge is 2.09. The van der Waals surface area contributed by atoms with Crippen molar-refractivity contribution in [1.82, 2.24) is 20.8 Å². The second-order valence-electron chi connectivity index (χ2n) is 4.21. The number of hydrogen-bond acceptors (Lipinski definition) is 5. The van der Waals surface area contributed by atoms with Crippen LogP contribution in [0.2, 0.25) is 5.02 Å². The monoisotopic (exact) mass is 310 g/mol. The van der Waals surface area contributed by atoms with Crippen LogP contribution in [-0.2, 0) is 6.54 Å². The van der Waals surface area contributed by atoms with Gasteiger partial charge >= 0.3 is 6.03 Å². The summed E-state index contributed by atoms with van der Waals surface area (Å²) in [5.41, 5.74) is 0.741. The summed E-state index contributed by atoms with van der Waals surface area (Å²) < 4.78 is 5.05. The first-order chi connectivity index (χ1) is 10.2. The Balaban J connectivity index is 1.87. The van der Waals surface area contributed by atoms with Gasteiger partial charge in [-0.25, -0.2) is 4.79 Å². The molecule has 0 fully saturated rings. The molecule has 3 N–H and O–H groups in total. The number of aliphatic hydroxyl groups is 1. The largest absolute Gasteiger partial charge is 0.396 e. The van der Waals surface area contributed by atoms with Crippen LogP contribution in [0.25, 0.3) is 11.4 Å². The number of carbonyl (C=O) groups excluding carboxylic acids is 1. The first-order valence-corrected chi connectivity index (χ1v) is 6.78. The van der Waals surface area contributed by atoms with Crippen LogP contribution in [0, 0.1) is 0 Å². The van der Waals surface area contributed by atoms with E-state index in [1.54, 1.807) is 18.2 Å². The molecule has 1 aromatic carbocycles. The van der Waals surface area contributed by atoms with Gasteiger partial charge in [0.25, 0.3) is 0 Å². The van der Waals surface area contributed by atoms with Crippen LogP contribution in [0.1, 0.15) is 12.3 Å². The van der Waals surface area contributed by atoms with Gasteiger partial charge in [-0.1, -0.05) is 28.9 Å². The summed E-state index contributed by atoms with van der Waals surface area (Å²) in [5, 5.41) is 18.2. The zero-order valence-electron chi connectivity index (χ0n) is 11.2. The second-order valence-corrected chi connectivity index (χ2v) is 4.65. The summed E-state index contributed by atoms with van der Waals surface area (Å²) in [4.78, 5) is 15.6. The molecule has 0 aliphatic heterocycles. The van der Waals surface area contributed by atoms with Crippen LogP contribution in [0.4, 0.5) is 4.79 Å². The van der Waals surface area contributed by atoms with Gasteiger partial charge < -0.3 is 20.3 Å². The van der Waals surface area contributed by atoms with Gasteiger partial charge in [0, 0.05) is 23.7 Å². The highest BCUT2D eigenvalue weighted by atomic mass is 35.5. The van der Waals surface area contributed by atoms with E-state index in [1.165, 1.54) is 0 Å². The maximum absolute atomic E-state index is 11.4. The van der Waals surface area contributed by atoms with Crippen molar-refractivity contribution in [3.63, 3.8) is 0 Å². The molecule has 0 spiro atoms. The minimum Gasteiger partial charge on any atom is -0.396 e. The molecular weight excluding hydrogens is 296 g/mol. The Kier molecular flexibility index (Phi) is 5.53. The van der Waals surface area contributed by atoms with E-state index >= 15 is 0 Å². The number of urea groups is 1. The van der Waals surface area contributed by atoms with Crippen molar-refractivity contribution in [2.75, 3.05) is 13.2 Å². The van der Waals surface area contributed by atoms with Gasteiger partial charge in [0.05, 0.1) is 6.54 Å². The summed E-state index contributed by atoms with van der Waals surface area (Å²) in [6, 6.07) is 6.73. The van der Waals surface area contributed by atoms with Gasteiger partial charge in [0.1, 0.15) is 0 Å². The molecule has 0 atom stereocenters. The van der Waals surface area contributed by atoms with Gasteiger partial charge in [-0.2, -0.15) is 4.98 Å². The van der Waals surface area contributed by atoms with E-state index in [0.29, 0.717) is 29.7 Å². The van der Waals surface area contributed by atoms with Crippen LogP contribution in [-0.4, -0.2) is 34.4 Å². The normalized spacial score (nSPS) is 10.4. The molecule has 112 valence electrons. The molecule has 0 bridgehead atoms. The van der Waals surface area contributed by atoms with Crippen molar-refractivity contribution in [2.45, 2.75) is 13.0 Å². The third-order valence-corrected chi connectivity index (χ3v) is 2.81. The molecule has 1 aromatic heterocycles. The Hall–Kier alpha value is -2.12. The van der Waals surface area contributed by atoms with E-state index in [4.69, 9.17) is 21.2 Å². The lowest BCUT2D eigenvalue weighted by atomic mass is 10.2. The summed E-state index contributed by atoms with van der Waals surface area (Å²) in [6.45, 7) is 0.561. The fourth-order valence-electron chi connectivity index (χ4n) is 1.57. The number of carbonyl (C=O) groups is 1. The minimum atomic E-state index is -0.356. The minimum absolute atomic E-state index is 0.0347. The molecule has 0 unspecified atom stereocenters. The van der Waals surface area contributed by atoms with Gasteiger partial charge in [0.2, 0.25) is 11.7 Å². The van der Waals surface area contributed by atoms with E-state index in [1.807, 2.05) is 6.07 Å². The van der Waals surface area contributed by atoms with Crippen molar-refractivity contribution in [1.29, 1.82) is 0 Å². The van der Waals surface area contributed by atoms with Crippen molar-refractivity contribution >= 4 is 17.6 Å². The zero-order valence-corrected chi connectivity index (χ0v) is 11.9. The van der Waals surface area contributed by atoms with Gasteiger partial charge in [0.15, 0.2) is 0 Å². The van der Waals surface area contributed by atoms with Crippen LogP contribution < -0.4 is 10.6 Å². The van der Waals surface area contributed by atoms with Crippen LogP contribution in [0.3, 0.4) is 0 Å². The molecule has 2 rings (SSSR count). The van der Waals surface area contributed by atoms with E-state index in [-0.39, 0.29) is 19.2 Å². The predicted molar refractivity (Wildman–Crippen MR) is 76.7 cm³/mol. The van der Waals surface area contributed by atoms with Crippen molar-refractivity contribution in [3.05, 3.63) is 35.2 Å². The van der Waals surface area contributed by atoms with Crippen molar-refractivity contribution in [2.24, 2.45) is 0 Å². The quantitative estimate of drug-likeness (QED) is 0.703. The lowest BCUT2D eigenvalue weighted by Gasteiger charge is -2.03. The Labute approximate surface area is 126 Å². The Morgan fingerprint density at radius 3 is 3.00 bits per heavy atom. The summed E-state index contributed by atoms with van der Waals surface area (Å²) in [6.07, 6.45) is 0.507. The maximum atomic E-state index is 11.4. The number of hydrogen-bond donors (Lipinski definition) is 3. The van der Waals surface area contributed by atoms with E-state index in [0.717, 1.165) is 5.56 Å². The number of amides is 2. The van der Waals surface area contributed by atoms with E-state index in [2.05, 4.69) is 20.8 Å².